The number of fused-ring (bicyclic) bond motifs is 17. The number of nitrogens with zero attached hydrogens (tertiary/aromatic N) is 4. The Morgan fingerprint density at radius 1 is 0.473 bits per heavy atom. The zero-order valence-electron chi connectivity index (χ0n) is 51.8. The fourth-order valence-corrected chi connectivity index (χ4v) is 16.0. The Hall–Kier alpha value is -11.6. The molecule has 0 N–H and O–H groups in total. The molecule has 5 aliphatic rings. The molecule has 0 saturated heterocycles. The third kappa shape index (κ3) is 8.07. The molecule has 5 heterocycles. The lowest BCUT2D eigenvalue weighted by Gasteiger charge is -2.40. The lowest BCUT2D eigenvalue weighted by Crippen LogP contribution is -2.35. The summed E-state index contributed by atoms with van der Waals surface area (Å²) in [5.41, 5.74) is 26.6. The first-order chi connectivity index (χ1) is 45.8. The average molecular weight is 1200 g/mol. The predicted octanol–water partition coefficient (Wildman–Crippen LogP) is 23.2. The number of hydrogen-bond donors (Lipinski definition) is 0. The summed E-state index contributed by atoms with van der Waals surface area (Å²) in [6.45, 7) is 8.36. The largest absolute Gasteiger partial charge is 0.455 e. The van der Waals surface area contributed by atoms with Crippen molar-refractivity contribution in [1.29, 1.82) is 0 Å². The summed E-state index contributed by atoms with van der Waals surface area (Å²) in [7, 11) is 0. The molecule has 2 aromatic heterocycles. The van der Waals surface area contributed by atoms with Crippen LogP contribution in [0.2, 0.25) is 0 Å². The Balaban J connectivity index is 0.907. The van der Waals surface area contributed by atoms with Crippen LogP contribution in [0, 0.1) is 6.92 Å². The van der Waals surface area contributed by atoms with Crippen molar-refractivity contribution in [3.8, 4) is 22.3 Å². The summed E-state index contributed by atoms with van der Waals surface area (Å²) in [5, 5.41) is 8.52. The number of furan rings is 2. The van der Waals surface area contributed by atoms with E-state index >= 15 is 0 Å². The SMILES string of the molecule is Cc1cc2c(N3C=CC=CC3)cc3c(N4c5ccccc5C=C5C(c6ccccc6)=CC=CC54)cc4c5cc(N6CC=Cc7cc(-c8ccccc8)ccc76)ccc5oc4c3c2c2c1oc1c(N(c3ccccc3)c3ccc4c(c3)-c3ccccc3C4(C)C)cccc12. The van der Waals surface area contributed by atoms with Gasteiger partial charge in [0.05, 0.1) is 17.4 Å². The van der Waals surface area contributed by atoms with Crippen molar-refractivity contribution in [2.75, 3.05) is 32.7 Å². The van der Waals surface area contributed by atoms with Crippen molar-refractivity contribution in [2.45, 2.75) is 32.2 Å². The maximum atomic E-state index is 7.64. The third-order valence-corrected chi connectivity index (χ3v) is 20.3. The number of aryl methyl sites for hydroxylation is 1. The van der Waals surface area contributed by atoms with E-state index in [4.69, 9.17) is 8.83 Å². The van der Waals surface area contributed by atoms with Crippen LogP contribution in [-0.4, -0.2) is 19.1 Å². The normalized spacial score (nSPS) is 15.9. The van der Waals surface area contributed by atoms with E-state index in [1.807, 2.05) is 0 Å². The van der Waals surface area contributed by atoms with Gasteiger partial charge in [0.2, 0.25) is 0 Å². The number of anilines is 8. The van der Waals surface area contributed by atoms with E-state index in [2.05, 4.69) is 332 Å². The Labute approximate surface area is 539 Å². The predicted molar refractivity (Wildman–Crippen MR) is 390 cm³/mol. The maximum absolute atomic E-state index is 7.64. The molecule has 6 heteroatoms. The van der Waals surface area contributed by atoms with Gasteiger partial charge in [-0.15, -0.1) is 0 Å². The van der Waals surface area contributed by atoms with Gasteiger partial charge in [-0.05, 0) is 171 Å². The third-order valence-electron chi connectivity index (χ3n) is 20.3. The number of hydrogen-bond acceptors (Lipinski definition) is 6. The van der Waals surface area contributed by atoms with Crippen molar-refractivity contribution < 1.29 is 8.83 Å². The second-order valence-corrected chi connectivity index (χ2v) is 25.9. The van der Waals surface area contributed by atoms with Gasteiger partial charge in [0.1, 0.15) is 16.7 Å². The van der Waals surface area contributed by atoms with Crippen LogP contribution in [-0.2, 0) is 5.41 Å². The van der Waals surface area contributed by atoms with E-state index in [1.54, 1.807) is 0 Å². The van der Waals surface area contributed by atoms with Crippen LogP contribution in [0.4, 0.5) is 45.5 Å². The van der Waals surface area contributed by atoms with Gasteiger partial charge in [-0.2, -0.15) is 0 Å². The van der Waals surface area contributed by atoms with Gasteiger partial charge in [0.25, 0.3) is 0 Å². The number of para-hydroxylation sites is 3. The van der Waals surface area contributed by atoms with Crippen molar-refractivity contribution >= 4 is 129 Å². The Morgan fingerprint density at radius 3 is 2.09 bits per heavy atom. The van der Waals surface area contributed by atoms with E-state index in [9.17, 15) is 0 Å². The second-order valence-electron chi connectivity index (χ2n) is 25.9. The number of benzene rings is 12. The van der Waals surface area contributed by atoms with Crippen LogP contribution >= 0.6 is 0 Å². The molecule has 12 aromatic carbocycles. The van der Waals surface area contributed by atoms with E-state index in [0.717, 1.165) is 123 Å². The summed E-state index contributed by atoms with van der Waals surface area (Å²) < 4.78 is 15.2. The standard InChI is InChI=1S/C87H62N4O2/c1-54-47-70-78(88-44-18-7-19-45-88)53-71-79(91-75-35-17-14-27-59(75)49-67-63(32-20-36-76(67)91)56-25-10-5-11-26-56)52-69-68-50-61(89-46-22-28-58-48-57(38-42-74(58)89)55-23-8-4-9-24-55)40-43-80(68)92-86(69)83(71)81(70)82-65-33-21-37-77(85(65)93-84(54)82)90(60-29-12-6-13-30-60)62-39-41-73-66(51-62)64-31-15-16-34-72(64)87(73,2)3/h4-44,47-53,76H,45-46H2,1-3H3. The Bertz CT molecular complexity index is 5700. The van der Waals surface area contributed by atoms with Gasteiger partial charge in [-0.25, -0.2) is 0 Å². The van der Waals surface area contributed by atoms with Crippen molar-refractivity contribution in [1.82, 2.24) is 0 Å². The fourth-order valence-electron chi connectivity index (χ4n) is 16.0. The minimum Gasteiger partial charge on any atom is -0.455 e. The molecule has 14 aromatic rings. The maximum Gasteiger partial charge on any atom is 0.159 e. The lowest BCUT2D eigenvalue weighted by molar-refractivity contribution is 0.660. The smallest absolute Gasteiger partial charge is 0.159 e. The molecule has 0 fully saturated rings. The van der Waals surface area contributed by atoms with Crippen LogP contribution < -0.4 is 19.6 Å². The molecule has 0 amide bonds. The van der Waals surface area contributed by atoms with Gasteiger partial charge in [-0.3, -0.25) is 0 Å². The molecule has 442 valence electrons. The lowest BCUT2D eigenvalue weighted by atomic mass is 9.82. The Morgan fingerprint density at radius 2 is 1.24 bits per heavy atom. The molecule has 1 unspecified atom stereocenters. The van der Waals surface area contributed by atoms with Gasteiger partial charge in [-0.1, -0.05) is 202 Å². The van der Waals surface area contributed by atoms with Crippen LogP contribution in [0.3, 0.4) is 0 Å². The highest BCUT2D eigenvalue weighted by Crippen LogP contribution is 2.56. The van der Waals surface area contributed by atoms with E-state index in [-0.39, 0.29) is 11.5 Å². The summed E-state index contributed by atoms with van der Waals surface area (Å²) >= 11 is 0. The van der Waals surface area contributed by atoms with Crippen molar-refractivity contribution in [2.24, 2.45) is 0 Å². The number of rotatable bonds is 8. The summed E-state index contributed by atoms with van der Waals surface area (Å²) in [6.07, 6.45) is 22.7. The molecule has 3 aliphatic heterocycles. The Kier molecular flexibility index (Phi) is 11.7. The molecule has 0 saturated carbocycles. The average Bonchev–Trinajstić information content (AvgIpc) is 1.67. The van der Waals surface area contributed by atoms with E-state index < -0.39 is 0 Å². The van der Waals surface area contributed by atoms with Gasteiger partial charge >= 0.3 is 0 Å². The fraction of sp³-hybridized carbons (Fsp3) is 0.0805. The first-order valence-corrected chi connectivity index (χ1v) is 32.4. The summed E-state index contributed by atoms with van der Waals surface area (Å²) in [5.74, 6) is 0. The summed E-state index contributed by atoms with van der Waals surface area (Å²) in [4.78, 5) is 9.86. The van der Waals surface area contributed by atoms with E-state index in [0.29, 0.717) is 6.54 Å². The first kappa shape index (κ1) is 53.3. The van der Waals surface area contributed by atoms with Crippen LogP contribution in [0.25, 0.3) is 105 Å². The van der Waals surface area contributed by atoms with Crippen LogP contribution in [0.1, 0.15) is 47.2 Å². The highest BCUT2D eigenvalue weighted by Gasteiger charge is 2.38. The monoisotopic (exact) mass is 1190 g/mol. The molecule has 6 nitrogen and oxygen atoms in total. The highest BCUT2D eigenvalue weighted by atomic mass is 16.3. The number of allylic oxidation sites excluding steroid dienone is 4. The molecule has 0 bridgehead atoms. The molecule has 19 rings (SSSR count). The topological polar surface area (TPSA) is 39.2 Å². The second kappa shape index (κ2) is 20.5. The minimum absolute atomic E-state index is 0.134. The zero-order chi connectivity index (χ0) is 61.6. The van der Waals surface area contributed by atoms with Gasteiger partial charge in [0.15, 0.2) is 5.58 Å². The van der Waals surface area contributed by atoms with Crippen LogP contribution in [0.5, 0.6) is 0 Å². The summed E-state index contributed by atoms with van der Waals surface area (Å²) in [6, 6.07) is 84.7. The van der Waals surface area contributed by atoms with Gasteiger partial charge in [0, 0.05) is 102 Å². The van der Waals surface area contributed by atoms with Gasteiger partial charge < -0.3 is 28.4 Å². The molecule has 2 aliphatic carbocycles. The first-order valence-electron chi connectivity index (χ1n) is 32.4. The molecule has 1 atom stereocenters. The highest BCUT2D eigenvalue weighted by molar-refractivity contribution is 6.37. The minimum atomic E-state index is -0.151. The van der Waals surface area contributed by atoms with Crippen LogP contribution in [0.15, 0.2) is 294 Å². The van der Waals surface area contributed by atoms with Crippen molar-refractivity contribution in [3.05, 3.63) is 318 Å². The van der Waals surface area contributed by atoms with E-state index in [1.165, 1.54) is 61.3 Å². The molecule has 0 radical (unpaired) electrons. The quantitative estimate of drug-likeness (QED) is 0.141. The van der Waals surface area contributed by atoms with Crippen molar-refractivity contribution in [3.63, 3.8) is 0 Å². The molecular weight excluding hydrogens is 1130 g/mol. The zero-order valence-corrected chi connectivity index (χ0v) is 51.8. The molecule has 0 spiro atoms. The molecular formula is C87H62N4O2. The molecule has 93 heavy (non-hydrogen) atoms.